The third-order valence-corrected chi connectivity index (χ3v) is 5.14. The summed E-state index contributed by atoms with van der Waals surface area (Å²) >= 11 is 0. The molecule has 206 valence electrons. The molecule has 0 saturated heterocycles. The molecule has 11 nitrogen and oxygen atoms in total. The van der Waals surface area contributed by atoms with Gasteiger partial charge in [-0.3, -0.25) is 4.79 Å². The number of nitrogens with one attached hydrogen (secondary N) is 1. The largest absolute Gasteiger partial charge is 0.497 e. The lowest BCUT2D eigenvalue weighted by Crippen LogP contribution is -2.23. The molecule has 0 aliphatic rings. The minimum absolute atomic E-state index is 0.0653. The highest BCUT2D eigenvalue weighted by Gasteiger charge is 2.19. The molecule has 0 bridgehead atoms. The van der Waals surface area contributed by atoms with Gasteiger partial charge < -0.3 is 29.0 Å². The molecular weight excluding hydrogens is 516 g/mol. The van der Waals surface area contributed by atoms with E-state index in [1.54, 1.807) is 88.5 Å². The fraction of sp³-hybridized carbons (Fsp3) is 0.207. The van der Waals surface area contributed by atoms with Crippen molar-refractivity contribution in [2.24, 2.45) is 0 Å². The number of ether oxygens (including phenoxy) is 5. The maximum atomic E-state index is 12.6. The highest BCUT2D eigenvalue weighted by molar-refractivity contribution is 5.91. The second kappa shape index (κ2) is 12.1. The lowest BCUT2D eigenvalue weighted by molar-refractivity contribution is 0.00694. The number of hydrogen-bond donors (Lipinski definition) is 1. The van der Waals surface area contributed by atoms with Gasteiger partial charge in [-0.2, -0.15) is 9.97 Å². The molecule has 11 heteroatoms. The van der Waals surface area contributed by atoms with E-state index >= 15 is 0 Å². The summed E-state index contributed by atoms with van der Waals surface area (Å²) in [5, 5.41) is 3.05. The van der Waals surface area contributed by atoms with Crippen molar-refractivity contribution in [2.45, 2.75) is 26.4 Å². The Morgan fingerprint density at radius 3 is 2.15 bits per heavy atom. The summed E-state index contributed by atoms with van der Waals surface area (Å²) in [6.45, 7) is 5.39. The number of hydrogen-bond acceptors (Lipinski definition) is 11. The van der Waals surface area contributed by atoms with Crippen LogP contribution in [0.5, 0.6) is 35.0 Å². The van der Waals surface area contributed by atoms with Crippen molar-refractivity contribution in [1.29, 1.82) is 0 Å². The number of carbonyl (C=O) groups excluding carboxylic acids is 2. The van der Waals surface area contributed by atoms with Crippen molar-refractivity contribution >= 4 is 23.9 Å². The fourth-order valence-corrected chi connectivity index (χ4v) is 3.36. The zero-order valence-electron chi connectivity index (χ0n) is 22.6. The maximum absolute atomic E-state index is 12.6. The minimum atomic E-state index is -0.639. The molecular formula is C29H28N4O7. The van der Waals surface area contributed by atoms with Crippen LogP contribution < -0.4 is 24.3 Å². The molecule has 0 radical (unpaired) electrons. The van der Waals surface area contributed by atoms with E-state index in [1.807, 2.05) is 0 Å². The molecule has 0 atom stereocenters. The molecule has 0 aliphatic heterocycles. The average molecular weight is 545 g/mol. The van der Waals surface area contributed by atoms with Crippen LogP contribution in [0.1, 0.15) is 41.5 Å². The summed E-state index contributed by atoms with van der Waals surface area (Å²) in [5.41, 5.74) is 0.638. The van der Waals surface area contributed by atoms with Crippen molar-refractivity contribution < 1.29 is 33.3 Å². The Kier molecular flexibility index (Phi) is 8.43. The van der Waals surface area contributed by atoms with Gasteiger partial charge in [-0.1, -0.05) is 6.07 Å². The molecule has 0 aliphatic carbocycles. The van der Waals surface area contributed by atoms with Crippen LogP contribution in [0.25, 0.3) is 0 Å². The standard InChI is InChI=1S/C29H28N4O7/c1-29(2,3)40-25(35)19-7-6-8-20(16-19)30-26-31-27(38-22-12-10-21(36-4)11-13-22)33-28(32-26)39-23-14-9-18(17-34)15-24(23)37-5/h6-17H,1-5H3,(H,30,31,32,33). The van der Waals surface area contributed by atoms with E-state index in [4.69, 9.17) is 23.7 Å². The smallest absolute Gasteiger partial charge is 0.338 e. The van der Waals surface area contributed by atoms with Gasteiger partial charge in [0.1, 0.15) is 23.4 Å². The number of benzene rings is 3. The van der Waals surface area contributed by atoms with E-state index < -0.39 is 11.6 Å². The number of methoxy groups -OCH3 is 2. The quantitative estimate of drug-likeness (QED) is 0.187. The molecule has 40 heavy (non-hydrogen) atoms. The van der Waals surface area contributed by atoms with Gasteiger partial charge in [0.2, 0.25) is 5.95 Å². The van der Waals surface area contributed by atoms with Gasteiger partial charge in [-0.05, 0) is 81.4 Å². The van der Waals surface area contributed by atoms with E-state index in [0.29, 0.717) is 40.3 Å². The van der Waals surface area contributed by atoms with Crippen molar-refractivity contribution in [3.63, 3.8) is 0 Å². The summed E-state index contributed by atoms with van der Waals surface area (Å²) in [7, 11) is 3.02. The number of anilines is 2. The zero-order valence-corrected chi connectivity index (χ0v) is 22.6. The van der Waals surface area contributed by atoms with Gasteiger partial charge in [0.15, 0.2) is 11.5 Å². The third-order valence-electron chi connectivity index (χ3n) is 5.14. The monoisotopic (exact) mass is 544 g/mol. The molecule has 1 heterocycles. The number of aromatic nitrogens is 3. The molecule has 0 saturated carbocycles. The predicted molar refractivity (Wildman–Crippen MR) is 146 cm³/mol. The highest BCUT2D eigenvalue weighted by atomic mass is 16.6. The Bertz CT molecular complexity index is 1500. The third kappa shape index (κ3) is 7.44. The Morgan fingerprint density at radius 2 is 1.50 bits per heavy atom. The van der Waals surface area contributed by atoms with E-state index in [1.165, 1.54) is 13.2 Å². The molecule has 0 unspecified atom stereocenters. The van der Waals surface area contributed by atoms with Crippen molar-refractivity contribution in [1.82, 2.24) is 15.0 Å². The zero-order chi connectivity index (χ0) is 28.7. The maximum Gasteiger partial charge on any atom is 0.338 e. The van der Waals surface area contributed by atoms with Gasteiger partial charge in [0, 0.05) is 11.3 Å². The summed E-state index contributed by atoms with van der Waals surface area (Å²) < 4.78 is 27.7. The average Bonchev–Trinajstić information content (AvgIpc) is 2.93. The summed E-state index contributed by atoms with van der Waals surface area (Å²) in [4.78, 5) is 36.7. The van der Waals surface area contributed by atoms with Gasteiger partial charge in [-0.25, -0.2) is 4.79 Å². The summed E-state index contributed by atoms with van der Waals surface area (Å²) in [6, 6.07) is 18.0. The highest BCUT2D eigenvalue weighted by Crippen LogP contribution is 2.32. The SMILES string of the molecule is COc1ccc(Oc2nc(Nc3cccc(C(=O)OC(C)(C)C)c3)nc(Oc3ccc(C=O)cc3OC)n2)cc1. The molecule has 4 aromatic rings. The van der Waals surface area contributed by atoms with Crippen LogP contribution in [0.4, 0.5) is 11.6 Å². The fourth-order valence-electron chi connectivity index (χ4n) is 3.36. The van der Waals surface area contributed by atoms with Crippen LogP contribution in [-0.4, -0.2) is 47.0 Å². The van der Waals surface area contributed by atoms with Crippen LogP contribution in [0.15, 0.2) is 66.7 Å². The molecule has 0 fully saturated rings. The predicted octanol–water partition coefficient (Wildman–Crippen LogP) is 5.98. The van der Waals surface area contributed by atoms with Crippen molar-refractivity contribution in [2.75, 3.05) is 19.5 Å². The Labute approximate surface area is 231 Å². The topological polar surface area (TPSA) is 131 Å². The normalized spacial score (nSPS) is 10.8. The number of carbonyl (C=O) groups is 2. The molecule has 4 rings (SSSR count). The number of rotatable bonds is 10. The van der Waals surface area contributed by atoms with Crippen LogP contribution in [0, 0.1) is 0 Å². The minimum Gasteiger partial charge on any atom is -0.497 e. The van der Waals surface area contributed by atoms with E-state index in [2.05, 4.69) is 20.3 Å². The van der Waals surface area contributed by atoms with E-state index in [9.17, 15) is 9.59 Å². The first-order chi connectivity index (χ1) is 19.1. The molecule has 3 aromatic carbocycles. The second-order valence-corrected chi connectivity index (χ2v) is 9.34. The summed E-state index contributed by atoms with van der Waals surface area (Å²) in [6.07, 6.45) is 0.698. The van der Waals surface area contributed by atoms with Crippen LogP contribution in [-0.2, 0) is 4.74 Å². The van der Waals surface area contributed by atoms with Gasteiger partial charge in [-0.15, -0.1) is 4.98 Å². The first kappa shape index (κ1) is 27.8. The molecule has 1 N–H and O–H groups in total. The number of esters is 1. The first-order valence-corrected chi connectivity index (χ1v) is 12.2. The number of nitrogens with zero attached hydrogens (tertiary/aromatic N) is 3. The van der Waals surface area contributed by atoms with Crippen LogP contribution >= 0.6 is 0 Å². The van der Waals surface area contributed by atoms with E-state index in [0.717, 1.165) is 0 Å². The van der Waals surface area contributed by atoms with Crippen LogP contribution in [0.2, 0.25) is 0 Å². The van der Waals surface area contributed by atoms with Crippen LogP contribution in [0.3, 0.4) is 0 Å². The van der Waals surface area contributed by atoms with Gasteiger partial charge >= 0.3 is 18.0 Å². The lowest BCUT2D eigenvalue weighted by atomic mass is 10.1. The lowest BCUT2D eigenvalue weighted by Gasteiger charge is -2.19. The number of aldehydes is 1. The van der Waals surface area contributed by atoms with Crippen molar-refractivity contribution in [3.8, 4) is 35.0 Å². The van der Waals surface area contributed by atoms with E-state index in [-0.39, 0.29) is 23.7 Å². The van der Waals surface area contributed by atoms with Crippen molar-refractivity contribution in [3.05, 3.63) is 77.9 Å². The van der Waals surface area contributed by atoms with Gasteiger partial charge in [0.05, 0.1) is 19.8 Å². The Balaban J connectivity index is 1.66. The Morgan fingerprint density at radius 1 is 0.800 bits per heavy atom. The summed E-state index contributed by atoms with van der Waals surface area (Å²) in [5.74, 6) is 1.30. The Hall–Kier alpha value is -5.19. The molecule has 0 amide bonds. The van der Waals surface area contributed by atoms with Gasteiger partial charge in [0.25, 0.3) is 0 Å². The first-order valence-electron chi connectivity index (χ1n) is 12.2. The molecule has 0 spiro atoms. The molecule has 1 aromatic heterocycles. The second-order valence-electron chi connectivity index (χ2n) is 9.34.